The number of aliphatic hydroxyl groups is 1. The smallest absolute Gasteiger partial charge is 0.328 e. The van der Waals surface area contributed by atoms with E-state index in [2.05, 4.69) is 5.32 Å². The molecular weight excluding hydrogens is 400 g/mol. The van der Waals surface area contributed by atoms with Gasteiger partial charge in [0.25, 0.3) is 5.91 Å². The van der Waals surface area contributed by atoms with E-state index < -0.39 is 36.4 Å². The largest absolute Gasteiger partial charge is 0.459 e. The molecule has 8 heteroatoms. The van der Waals surface area contributed by atoms with Gasteiger partial charge in [0.1, 0.15) is 12.6 Å². The SMILES string of the molecule is COC(O)c1ccc(COC(=O)C(C)NC(=O)C(OC)C(N)CC2CCCCC2)cc1. The van der Waals surface area contributed by atoms with Gasteiger partial charge in [-0.2, -0.15) is 0 Å². The van der Waals surface area contributed by atoms with Crippen LogP contribution in [0.1, 0.15) is 62.9 Å². The molecule has 174 valence electrons. The van der Waals surface area contributed by atoms with Gasteiger partial charge in [0.15, 0.2) is 12.4 Å². The highest BCUT2D eigenvalue weighted by Crippen LogP contribution is 2.27. The van der Waals surface area contributed by atoms with Gasteiger partial charge in [-0.15, -0.1) is 0 Å². The Balaban J connectivity index is 1.80. The first-order chi connectivity index (χ1) is 14.8. The molecule has 0 heterocycles. The number of amides is 1. The molecule has 0 saturated heterocycles. The van der Waals surface area contributed by atoms with Crippen LogP contribution in [0.3, 0.4) is 0 Å². The van der Waals surface area contributed by atoms with Crippen molar-refractivity contribution in [3.63, 3.8) is 0 Å². The zero-order valence-corrected chi connectivity index (χ0v) is 18.7. The Bertz CT molecular complexity index is 690. The van der Waals surface area contributed by atoms with Crippen LogP contribution in [-0.2, 0) is 30.4 Å². The van der Waals surface area contributed by atoms with Crippen molar-refractivity contribution < 1.29 is 28.9 Å². The standard InChI is InChI=1S/C23H36N2O6/c1-15(22(27)31-14-17-9-11-18(12-10-17)23(28)30-3)25-21(26)20(29-2)19(24)13-16-7-5-4-6-8-16/h9-12,15-16,19-20,23,28H,4-8,13-14,24H2,1-3H3,(H,25,26). The summed E-state index contributed by atoms with van der Waals surface area (Å²) >= 11 is 0. The fourth-order valence-electron chi connectivity index (χ4n) is 3.96. The average Bonchev–Trinajstić information content (AvgIpc) is 2.78. The van der Waals surface area contributed by atoms with Crippen LogP contribution in [0.4, 0.5) is 0 Å². The van der Waals surface area contributed by atoms with Crippen molar-refractivity contribution >= 4 is 11.9 Å². The van der Waals surface area contributed by atoms with E-state index >= 15 is 0 Å². The molecule has 0 aliphatic heterocycles. The van der Waals surface area contributed by atoms with Gasteiger partial charge in [-0.3, -0.25) is 4.79 Å². The molecule has 1 saturated carbocycles. The average molecular weight is 437 g/mol. The van der Waals surface area contributed by atoms with Crippen LogP contribution in [0.15, 0.2) is 24.3 Å². The first-order valence-electron chi connectivity index (χ1n) is 10.9. The summed E-state index contributed by atoms with van der Waals surface area (Å²) in [6.07, 6.45) is 4.89. The summed E-state index contributed by atoms with van der Waals surface area (Å²) in [6, 6.07) is 5.61. The van der Waals surface area contributed by atoms with Gasteiger partial charge in [0.05, 0.1) is 0 Å². The zero-order chi connectivity index (χ0) is 22.8. The third-order valence-corrected chi connectivity index (χ3v) is 5.81. The first kappa shape index (κ1) is 25.3. The molecule has 0 spiro atoms. The van der Waals surface area contributed by atoms with Crippen molar-refractivity contribution in [2.45, 2.75) is 76.5 Å². The van der Waals surface area contributed by atoms with Crippen molar-refractivity contribution in [3.8, 4) is 0 Å². The van der Waals surface area contributed by atoms with Crippen LogP contribution in [-0.4, -0.2) is 49.4 Å². The summed E-state index contributed by atoms with van der Waals surface area (Å²) in [4.78, 5) is 24.9. The molecule has 0 aromatic heterocycles. The third-order valence-electron chi connectivity index (χ3n) is 5.81. The molecule has 1 aliphatic carbocycles. The summed E-state index contributed by atoms with van der Waals surface area (Å²) in [6.45, 7) is 1.62. The van der Waals surface area contributed by atoms with Crippen LogP contribution < -0.4 is 11.1 Å². The molecule has 4 atom stereocenters. The van der Waals surface area contributed by atoms with Gasteiger partial charge in [0, 0.05) is 25.8 Å². The predicted molar refractivity (Wildman–Crippen MR) is 116 cm³/mol. The highest BCUT2D eigenvalue weighted by Gasteiger charge is 2.30. The number of benzene rings is 1. The Morgan fingerprint density at radius 3 is 2.35 bits per heavy atom. The number of ether oxygens (including phenoxy) is 3. The van der Waals surface area contributed by atoms with Crippen molar-refractivity contribution in [2.75, 3.05) is 14.2 Å². The summed E-state index contributed by atoms with van der Waals surface area (Å²) in [5.74, 6) is -0.439. The molecule has 1 aliphatic rings. The molecule has 4 unspecified atom stereocenters. The maximum atomic E-state index is 12.6. The van der Waals surface area contributed by atoms with E-state index in [-0.39, 0.29) is 6.61 Å². The van der Waals surface area contributed by atoms with E-state index in [1.54, 1.807) is 31.2 Å². The quantitative estimate of drug-likeness (QED) is 0.359. The predicted octanol–water partition coefficient (Wildman–Crippen LogP) is 2.18. The van der Waals surface area contributed by atoms with Gasteiger partial charge in [0.2, 0.25) is 0 Å². The van der Waals surface area contributed by atoms with Gasteiger partial charge in [-0.25, -0.2) is 4.79 Å². The lowest BCUT2D eigenvalue weighted by Crippen LogP contribution is -2.52. The fraction of sp³-hybridized carbons (Fsp3) is 0.652. The number of nitrogens with two attached hydrogens (primary N) is 1. The highest BCUT2D eigenvalue weighted by molar-refractivity contribution is 5.87. The maximum absolute atomic E-state index is 12.6. The second-order valence-corrected chi connectivity index (χ2v) is 8.23. The number of nitrogens with one attached hydrogen (secondary N) is 1. The van der Waals surface area contributed by atoms with Gasteiger partial charge in [-0.05, 0) is 24.8 Å². The minimum absolute atomic E-state index is 0.0529. The Labute approximate surface area is 184 Å². The minimum Gasteiger partial charge on any atom is -0.459 e. The van der Waals surface area contributed by atoms with Crippen molar-refractivity contribution in [2.24, 2.45) is 11.7 Å². The monoisotopic (exact) mass is 436 g/mol. The number of aliphatic hydroxyl groups excluding tert-OH is 1. The van der Waals surface area contributed by atoms with E-state index in [0.717, 1.165) is 24.8 Å². The van der Waals surface area contributed by atoms with Crippen LogP contribution in [0.2, 0.25) is 0 Å². The van der Waals surface area contributed by atoms with Crippen molar-refractivity contribution in [3.05, 3.63) is 35.4 Å². The molecular formula is C23H36N2O6. The molecule has 1 aromatic rings. The van der Waals surface area contributed by atoms with Crippen molar-refractivity contribution in [1.82, 2.24) is 5.32 Å². The summed E-state index contributed by atoms with van der Waals surface area (Å²) in [7, 11) is 2.87. The summed E-state index contributed by atoms with van der Waals surface area (Å²) in [5.41, 5.74) is 7.62. The van der Waals surface area contributed by atoms with E-state index in [1.807, 2.05) is 0 Å². The number of carbonyl (C=O) groups excluding carboxylic acids is 2. The molecule has 0 radical (unpaired) electrons. The van der Waals surface area contributed by atoms with Crippen LogP contribution in [0.25, 0.3) is 0 Å². The number of hydrogen-bond acceptors (Lipinski definition) is 7. The second-order valence-electron chi connectivity index (χ2n) is 8.23. The normalized spacial score (nSPS) is 18.6. The number of rotatable bonds is 11. The second kappa shape index (κ2) is 12.8. The fourth-order valence-corrected chi connectivity index (χ4v) is 3.96. The van der Waals surface area contributed by atoms with E-state index in [0.29, 0.717) is 11.5 Å². The lowest BCUT2D eigenvalue weighted by atomic mass is 9.84. The molecule has 31 heavy (non-hydrogen) atoms. The third kappa shape index (κ3) is 7.88. The topological polar surface area (TPSA) is 120 Å². The van der Waals surface area contributed by atoms with Gasteiger partial charge < -0.3 is 30.4 Å². The summed E-state index contributed by atoms with van der Waals surface area (Å²) in [5, 5.41) is 12.3. The molecule has 1 amide bonds. The molecule has 2 rings (SSSR count). The van der Waals surface area contributed by atoms with E-state index in [9.17, 15) is 14.7 Å². The van der Waals surface area contributed by atoms with Crippen LogP contribution in [0, 0.1) is 5.92 Å². The molecule has 1 aromatic carbocycles. The molecule has 4 N–H and O–H groups in total. The van der Waals surface area contributed by atoms with Crippen molar-refractivity contribution in [1.29, 1.82) is 0 Å². The molecule has 0 bridgehead atoms. The van der Waals surface area contributed by atoms with E-state index in [1.165, 1.54) is 33.5 Å². The van der Waals surface area contributed by atoms with Gasteiger partial charge in [-0.1, -0.05) is 56.4 Å². The summed E-state index contributed by atoms with van der Waals surface area (Å²) < 4.78 is 15.5. The van der Waals surface area contributed by atoms with E-state index in [4.69, 9.17) is 19.9 Å². The number of hydrogen-bond donors (Lipinski definition) is 3. The Morgan fingerprint density at radius 1 is 1.13 bits per heavy atom. The Kier molecular flexibility index (Phi) is 10.4. The van der Waals surface area contributed by atoms with Crippen LogP contribution in [0.5, 0.6) is 0 Å². The number of methoxy groups -OCH3 is 2. The molecule has 8 nitrogen and oxygen atoms in total. The van der Waals surface area contributed by atoms with Gasteiger partial charge >= 0.3 is 5.97 Å². The van der Waals surface area contributed by atoms with Crippen LogP contribution >= 0.6 is 0 Å². The highest BCUT2D eigenvalue weighted by atomic mass is 16.6. The minimum atomic E-state index is -0.995. The first-order valence-corrected chi connectivity index (χ1v) is 10.9. The lowest BCUT2D eigenvalue weighted by molar-refractivity contribution is -0.150. The Hall–Kier alpha value is -2.00. The lowest BCUT2D eigenvalue weighted by Gasteiger charge is -2.28. The zero-order valence-electron chi connectivity index (χ0n) is 18.7. The number of esters is 1. The number of carbonyl (C=O) groups is 2. The Morgan fingerprint density at radius 2 is 1.77 bits per heavy atom. The molecule has 1 fully saturated rings. The maximum Gasteiger partial charge on any atom is 0.328 e.